The third-order valence-electron chi connectivity index (χ3n) is 4.52. The number of halogens is 1. The van der Waals surface area contributed by atoms with Crippen LogP contribution in [0.25, 0.3) is 11.0 Å². The summed E-state index contributed by atoms with van der Waals surface area (Å²) < 4.78 is 4.11. The van der Waals surface area contributed by atoms with Gasteiger partial charge in [-0.1, -0.05) is 67.0 Å². The number of tetrazole rings is 1. The summed E-state index contributed by atoms with van der Waals surface area (Å²) >= 11 is 7.83. The molecule has 144 valence electrons. The second kappa shape index (κ2) is 8.75. The zero-order valence-corrected chi connectivity index (χ0v) is 17.2. The predicted octanol–water partition coefficient (Wildman–Crippen LogP) is 4.82. The van der Waals surface area contributed by atoms with E-state index in [2.05, 4.69) is 51.3 Å². The summed E-state index contributed by atoms with van der Waals surface area (Å²) in [5.74, 6) is 1.54. The number of imidazole rings is 1. The molecule has 6 nitrogen and oxygen atoms in total. The Labute approximate surface area is 172 Å². The normalized spacial score (nSPS) is 11.4. The van der Waals surface area contributed by atoms with Gasteiger partial charge in [0.25, 0.3) is 0 Å². The average molecular weight is 413 g/mol. The average Bonchev–Trinajstić information content (AvgIpc) is 3.29. The smallest absolute Gasteiger partial charge is 0.169 e. The summed E-state index contributed by atoms with van der Waals surface area (Å²) in [6.45, 7) is 3.76. The molecule has 8 heteroatoms. The zero-order chi connectivity index (χ0) is 19.3. The van der Waals surface area contributed by atoms with Gasteiger partial charge < -0.3 is 4.57 Å². The predicted molar refractivity (Wildman–Crippen MR) is 113 cm³/mol. The summed E-state index contributed by atoms with van der Waals surface area (Å²) in [6.07, 6.45) is 2.17. The minimum atomic E-state index is 0.669. The first-order valence-electron chi connectivity index (χ1n) is 9.32. The Morgan fingerprint density at radius 3 is 2.79 bits per heavy atom. The standard InChI is InChI=1S/C20H21ClN6S/c1-2-3-11-27-19(23-24-25-27)14-28-20-22-17-12-16(21)9-10-18(17)26(20)13-15-7-5-4-6-8-15/h4-10,12H,2-3,11,13-14H2,1H3. The fourth-order valence-corrected chi connectivity index (χ4v) is 4.16. The molecule has 0 aliphatic heterocycles. The molecule has 0 amide bonds. The van der Waals surface area contributed by atoms with Crippen molar-refractivity contribution in [2.75, 3.05) is 0 Å². The fraction of sp³-hybridized carbons (Fsp3) is 0.300. The highest BCUT2D eigenvalue weighted by Crippen LogP contribution is 2.28. The van der Waals surface area contributed by atoms with Crippen molar-refractivity contribution in [2.24, 2.45) is 0 Å². The number of aryl methyl sites for hydroxylation is 1. The van der Waals surface area contributed by atoms with Crippen LogP contribution >= 0.6 is 23.4 Å². The van der Waals surface area contributed by atoms with E-state index in [4.69, 9.17) is 16.6 Å². The van der Waals surface area contributed by atoms with Gasteiger partial charge in [-0.3, -0.25) is 0 Å². The lowest BCUT2D eigenvalue weighted by Gasteiger charge is -2.09. The third-order valence-corrected chi connectivity index (χ3v) is 5.73. The maximum atomic E-state index is 6.18. The molecular weight excluding hydrogens is 392 g/mol. The summed E-state index contributed by atoms with van der Waals surface area (Å²) in [6, 6.07) is 16.2. The van der Waals surface area contributed by atoms with Crippen LogP contribution in [0.4, 0.5) is 0 Å². The van der Waals surface area contributed by atoms with E-state index in [0.717, 1.165) is 47.9 Å². The first-order chi connectivity index (χ1) is 13.7. The number of aromatic nitrogens is 6. The van der Waals surface area contributed by atoms with Gasteiger partial charge in [-0.25, -0.2) is 9.67 Å². The highest BCUT2D eigenvalue weighted by Gasteiger charge is 2.14. The molecular formula is C20H21ClN6S. The van der Waals surface area contributed by atoms with Crippen LogP contribution in [0.3, 0.4) is 0 Å². The molecule has 0 aliphatic rings. The number of hydrogen-bond acceptors (Lipinski definition) is 5. The molecule has 2 aromatic carbocycles. The van der Waals surface area contributed by atoms with E-state index in [-0.39, 0.29) is 0 Å². The molecule has 0 N–H and O–H groups in total. The van der Waals surface area contributed by atoms with Gasteiger partial charge in [0.05, 0.1) is 23.3 Å². The van der Waals surface area contributed by atoms with E-state index in [1.54, 1.807) is 11.8 Å². The van der Waals surface area contributed by atoms with E-state index < -0.39 is 0 Å². The van der Waals surface area contributed by atoms with Crippen molar-refractivity contribution in [1.82, 2.24) is 29.8 Å². The molecule has 0 unspecified atom stereocenters. The second-order valence-electron chi connectivity index (χ2n) is 6.56. The lowest BCUT2D eigenvalue weighted by molar-refractivity contribution is 0.540. The Bertz CT molecular complexity index is 1060. The number of hydrogen-bond donors (Lipinski definition) is 0. The van der Waals surface area contributed by atoms with Crippen LogP contribution in [0.1, 0.15) is 31.2 Å². The molecule has 0 saturated carbocycles. The second-order valence-corrected chi connectivity index (χ2v) is 7.94. The minimum absolute atomic E-state index is 0.669. The van der Waals surface area contributed by atoms with Gasteiger partial charge >= 0.3 is 0 Å². The summed E-state index contributed by atoms with van der Waals surface area (Å²) in [4.78, 5) is 4.82. The molecule has 0 spiro atoms. The van der Waals surface area contributed by atoms with E-state index in [0.29, 0.717) is 10.8 Å². The molecule has 0 atom stereocenters. The first kappa shape index (κ1) is 19.0. The van der Waals surface area contributed by atoms with Crippen molar-refractivity contribution in [3.63, 3.8) is 0 Å². The van der Waals surface area contributed by atoms with Crippen molar-refractivity contribution in [3.8, 4) is 0 Å². The minimum Gasteiger partial charge on any atom is -0.314 e. The summed E-state index contributed by atoms with van der Waals surface area (Å²) in [5, 5.41) is 13.8. The highest BCUT2D eigenvalue weighted by molar-refractivity contribution is 7.98. The van der Waals surface area contributed by atoms with Crippen LogP contribution < -0.4 is 0 Å². The fourth-order valence-electron chi connectivity index (χ4n) is 3.05. The van der Waals surface area contributed by atoms with Crippen LogP contribution in [-0.2, 0) is 18.8 Å². The van der Waals surface area contributed by atoms with E-state index >= 15 is 0 Å². The van der Waals surface area contributed by atoms with Crippen molar-refractivity contribution >= 4 is 34.4 Å². The molecule has 0 bridgehead atoms. The third kappa shape index (κ3) is 4.20. The molecule has 28 heavy (non-hydrogen) atoms. The Balaban J connectivity index is 1.62. The lowest BCUT2D eigenvalue weighted by atomic mass is 10.2. The van der Waals surface area contributed by atoms with Gasteiger partial charge in [0.1, 0.15) is 0 Å². The molecule has 2 aromatic heterocycles. The highest BCUT2D eigenvalue weighted by atomic mass is 35.5. The largest absolute Gasteiger partial charge is 0.314 e. The number of rotatable bonds is 8. The zero-order valence-electron chi connectivity index (χ0n) is 15.6. The van der Waals surface area contributed by atoms with Gasteiger partial charge in [-0.05, 0) is 40.6 Å². The summed E-state index contributed by atoms with van der Waals surface area (Å²) in [7, 11) is 0. The van der Waals surface area contributed by atoms with Crippen molar-refractivity contribution in [3.05, 3.63) is 64.9 Å². The monoisotopic (exact) mass is 412 g/mol. The van der Waals surface area contributed by atoms with Gasteiger partial charge in [-0.15, -0.1) is 5.10 Å². The topological polar surface area (TPSA) is 61.4 Å². The number of thioether (sulfide) groups is 1. The van der Waals surface area contributed by atoms with Crippen LogP contribution in [0.2, 0.25) is 5.02 Å². The van der Waals surface area contributed by atoms with E-state index in [1.165, 1.54) is 5.56 Å². The van der Waals surface area contributed by atoms with Crippen molar-refractivity contribution in [2.45, 2.75) is 43.8 Å². The van der Waals surface area contributed by atoms with E-state index in [1.807, 2.05) is 28.9 Å². The van der Waals surface area contributed by atoms with Crippen molar-refractivity contribution < 1.29 is 0 Å². The molecule has 4 aromatic rings. The number of benzene rings is 2. The van der Waals surface area contributed by atoms with Crippen molar-refractivity contribution in [1.29, 1.82) is 0 Å². The van der Waals surface area contributed by atoms with Gasteiger partial charge in [0.2, 0.25) is 0 Å². The van der Waals surface area contributed by atoms with Gasteiger partial charge in [-0.2, -0.15) is 0 Å². The maximum absolute atomic E-state index is 6.18. The number of unbranched alkanes of at least 4 members (excludes halogenated alkanes) is 1. The lowest BCUT2D eigenvalue weighted by Crippen LogP contribution is -2.06. The molecule has 0 fully saturated rings. The SMILES string of the molecule is CCCCn1nnnc1CSc1nc2cc(Cl)ccc2n1Cc1ccccc1. The van der Waals surface area contributed by atoms with Gasteiger partial charge in [0, 0.05) is 11.6 Å². The first-order valence-corrected chi connectivity index (χ1v) is 10.7. The van der Waals surface area contributed by atoms with Crippen LogP contribution in [0.15, 0.2) is 53.7 Å². The Kier molecular flexibility index (Phi) is 5.92. The quantitative estimate of drug-likeness (QED) is 0.388. The number of nitrogens with zero attached hydrogens (tertiary/aromatic N) is 6. The summed E-state index contributed by atoms with van der Waals surface area (Å²) in [5.41, 5.74) is 3.20. The molecule has 2 heterocycles. The Morgan fingerprint density at radius 2 is 1.96 bits per heavy atom. The number of fused-ring (bicyclic) bond motifs is 1. The molecule has 0 radical (unpaired) electrons. The molecule has 4 rings (SSSR count). The van der Waals surface area contributed by atoms with Crippen LogP contribution in [0.5, 0.6) is 0 Å². The molecule has 0 saturated heterocycles. The molecule has 0 aliphatic carbocycles. The van der Waals surface area contributed by atoms with E-state index in [9.17, 15) is 0 Å². The van der Waals surface area contributed by atoms with Crippen LogP contribution in [-0.4, -0.2) is 29.8 Å². The Hall–Kier alpha value is -2.38. The Morgan fingerprint density at radius 1 is 1.11 bits per heavy atom. The van der Waals surface area contributed by atoms with Crippen LogP contribution in [0, 0.1) is 0 Å². The maximum Gasteiger partial charge on any atom is 0.169 e. The van der Waals surface area contributed by atoms with Gasteiger partial charge in [0.15, 0.2) is 11.0 Å².